The Balaban J connectivity index is 1.35. The fourth-order valence-electron chi connectivity index (χ4n) is 5.71. The lowest BCUT2D eigenvalue weighted by Gasteiger charge is -2.33. The molecule has 0 saturated carbocycles. The summed E-state index contributed by atoms with van der Waals surface area (Å²) in [4.78, 5) is 18.2. The van der Waals surface area contributed by atoms with Gasteiger partial charge in [0, 0.05) is 36.1 Å². The molecule has 0 bridgehead atoms. The molecular formula is C28H27N11O. The van der Waals surface area contributed by atoms with Crippen molar-refractivity contribution >= 4 is 34.0 Å². The number of pyridine rings is 1. The quantitative estimate of drug-likeness (QED) is 0.363. The molecule has 2 saturated heterocycles. The van der Waals surface area contributed by atoms with Crippen LogP contribution in [0.15, 0.2) is 42.7 Å². The summed E-state index contributed by atoms with van der Waals surface area (Å²) in [6, 6.07) is 14.6. The van der Waals surface area contributed by atoms with Gasteiger partial charge in [-0.15, -0.1) is 10.2 Å². The maximum atomic E-state index is 9.81. The monoisotopic (exact) mass is 533 g/mol. The van der Waals surface area contributed by atoms with Gasteiger partial charge in [-0.3, -0.25) is 0 Å². The van der Waals surface area contributed by atoms with Crippen LogP contribution in [0.1, 0.15) is 35.8 Å². The third-order valence-electron chi connectivity index (χ3n) is 7.70. The van der Waals surface area contributed by atoms with Gasteiger partial charge >= 0.3 is 0 Å². The van der Waals surface area contributed by atoms with Crippen molar-refractivity contribution in [3.63, 3.8) is 0 Å². The lowest BCUT2D eigenvalue weighted by molar-refractivity contribution is 0.122. The van der Waals surface area contributed by atoms with Crippen molar-refractivity contribution in [3.8, 4) is 17.3 Å². The summed E-state index contributed by atoms with van der Waals surface area (Å²) in [5.74, 6) is 2.44. The summed E-state index contributed by atoms with van der Waals surface area (Å²) in [7, 11) is 0. The van der Waals surface area contributed by atoms with E-state index in [0.717, 1.165) is 71.8 Å². The molecule has 6 heterocycles. The summed E-state index contributed by atoms with van der Waals surface area (Å²) >= 11 is 0. The molecule has 5 aromatic rings. The van der Waals surface area contributed by atoms with E-state index in [2.05, 4.69) is 60.3 Å². The van der Waals surface area contributed by atoms with Crippen LogP contribution in [0.3, 0.4) is 0 Å². The molecule has 0 amide bonds. The number of morpholine rings is 1. The number of fused-ring (bicyclic) bond motifs is 2. The number of nitrogen functional groups attached to an aromatic ring is 1. The van der Waals surface area contributed by atoms with Gasteiger partial charge in [-0.25, -0.2) is 15.0 Å². The van der Waals surface area contributed by atoms with Crippen molar-refractivity contribution < 1.29 is 4.74 Å². The first-order valence-corrected chi connectivity index (χ1v) is 13.3. The van der Waals surface area contributed by atoms with E-state index in [0.29, 0.717) is 30.2 Å². The van der Waals surface area contributed by atoms with Gasteiger partial charge < -0.3 is 20.3 Å². The Hall–Kier alpha value is -4.89. The second kappa shape index (κ2) is 9.69. The number of anilines is 3. The summed E-state index contributed by atoms with van der Waals surface area (Å²) in [6.07, 6.45) is 3.31. The van der Waals surface area contributed by atoms with Crippen molar-refractivity contribution in [2.24, 2.45) is 0 Å². The molecule has 2 aliphatic rings. The Morgan fingerprint density at radius 3 is 2.75 bits per heavy atom. The van der Waals surface area contributed by atoms with E-state index in [1.165, 1.54) is 6.33 Å². The Kier molecular flexibility index (Phi) is 5.86. The number of aromatic nitrogens is 7. The van der Waals surface area contributed by atoms with Crippen LogP contribution in [0.25, 0.3) is 27.8 Å². The van der Waals surface area contributed by atoms with Crippen LogP contribution in [0.4, 0.5) is 17.5 Å². The molecule has 200 valence electrons. The van der Waals surface area contributed by atoms with E-state index in [9.17, 15) is 5.26 Å². The lowest BCUT2D eigenvalue weighted by atomic mass is 10.00. The number of hydrogen-bond donors (Lipinski definition) is 1. The standard InChI is InChI=1S/C28H27N11O/c1-17-34-35-25-7-6-22(36-39(17)25)19-5-4-18-13-20(28(33-23(18)14-19)37-9-11-40-12-10-37)24-3-2-8-38(24)27-21(15-29)26(30)31-16-32-27/h4-7,13-14,16,24H,2-3,8-12H2,1H3,(H2,30,31,32). The van der Waals surface area contributed by atoms with Gasteiger partial charge in [-0.05, 0) is 44.0 Å². The lowest BCUT2D eigenvalue weighted by Crippen LogP contribution is -2.38. The van der Waals surface area contributed by atoms with Gasteiger partial charge in [-0.1, -0.05) is 12.1 Å². The molecular weight excluding hydrogens is 506 g/mol. The highest BCUT2D eigenvalue weighted by atomic mass is 16.5. The van der Waals surface area contributed by atoms with Crippen molar-refractivity contribution in [2.75, 3.05) is 48.4 Å². The van der Waals surface area contributed by atoms with Gasteiger partial charge in [0.25, 0.3) is 0 Å². The van der Waals surface area contributed by atoms with Crippen LogP contribution in [-0.2, 0) is 4.74 Å². The van der Waals surface area contributed by atoms with E-state index in [1.54, 1.807) is 4.52 Å². The SMILES string of the molecule is Cc1nnc2ccc(-c3ccc4cc(C5CCCN5c5ncnc(N)c5C#N)c(N5CCOCC5)nc4c3)nn12. The smallest absolute Gasteiger partial charge is 0.177 e. The molecule has 2 N–H and O–H groups in total. The van der Waals surface area contributed by atoms with E-state index in [-0.39, 0.29) is 11.9 Å². The topological polar surface area (TPSA) is 147 Å². The Labute approximate surface area is 230 Å². The molecule has 1 aromatic carbocycles. The molecule has 7 rings (SSSR count). The summed E-state index contributed by atoms with van der Waals surface area (Å²) in [6.45, 7) is 5.47. The third-order valence-corrected chi connectivity index (χ3v) is 7.70. The third kappa shape index (κ3) is 4.02. The van der Waals surface area contributed by atoms with Gasteiger partial charge in [0.2, 0.25) is 0 Å². The fraction of sp³-hybridized carbons (Fsp3) is 0.321. The van der Waals surface area contributed by atoms with Crippen LogP contribution < -0.4 is 15.5 Å². The second-order valence-electron chi connectivity index (χ2n) is 10.1. The summed E-state index contributed by atoms with van der Waals surface area (Å²) < 4.78 is 7.40. The summed E-state index contributed by atoms with van der Waals surface area (Å²) in [5.41, 5.74) is 10.9. The zero-order valence-electron chi connectivity index (χ0n) is 22.0. The molecule has 0 spiro atoms. The first-order valence-electron chi connectivity index (χ1n) is 13.3. The molecule has 0 aliphatic carbocycles. The molecule has 4 aromatic heterocycles. The zero-order valence-corrected chi connectivity index (χ0v) is 22.0. The van der Waals surface area contributed by atoms with E-state index in [1.807, 2.05) is 19.1 Å². The van der Waals surface area contributed by atoms with E-state index < -0.39 is 0 Å². The van der Waals surface area contributed by atoms with Crippen molar-refractivity contribution in [1.82, 2.24) is 34.8 Å². The van der Waals surface area contributed by atoms with Gasteiger partial charge in [0.15, 0.2) is 17.3 Å². The molecule has 1 atom stereocenters. The number of benzene rings is 1. The first-order chi connectivity index (χ1) is 19.6. The Bertz CT molecular complexity index is 1790. The largest absolute Gasteiger partial charge is 0.382 e. The average molecular weight is 534 g/mol. The van der Waals surface area contributed by atoms with Crippen molar-refractivity contribution in [1.29, 1.82) is 5.26 Å². The number of nitriles is 1. The first kappa shape index (κ1) is 24.2. The molecule has 1 unspecified atom stereocenters. The van der Waals surface area contributed by atoms with Gasteiger partial charge in [0.05, 0.1) is 30.5 Å². The number of nitrogens with two attached hydrogens (primary N) is 1. The minimum atomic E-state index is -0.00314. The van der Waals surface area contributed by atoms with Crippen LogP contribution >= 0.6 is 0 Å². The zero-order chi connectivity index (χ0) is 27.2. The normalized spacial score (nSPS) is 17.6. The highest BCUT2D eigenvalue weighted by Crippen LogP contribution is 2.42. The minimum absolute atomic E-state index is 0.00314. The van der Waals surface area contributed by atoms with Crippen molar-refractivity contribution in [3.05, 3.63) is 59.7 Å². The maximum Gasteiger partial charge on any atom is 0.177 e. The van der Waals surface area contributed by atoms with E-state index in [4.69, 9.17) is 20.6 Å². The molecule has 12 heteroatoms. The van der Waals surface area contributed by atoms with Gasteiger partial charge in [-0.2, -0.15) is 14.9 Å². The maximum absolute atomic E-state index is 9.81. The predicted molar refractivity (Wildman–Crippen MR) is 150 cm³/mol. The van der Waals surface area contributed by atoms with Crippen LogP contribution in [0, 0.1) is 18.3 Å². The average Bonchev–Trinajstić information content (AvgIpc) is 3.63. The molecule has 12 nitrogen and oxygen atoms in total. The van der Waals surface area contributed by atoms with Gasteiger partial charge in [0.1, 0.15) is 29.6 Å². The number of rotatable bonds is 4. The number of aryl methyl sites for hydroxylation is 1. The van der Waals surface area contributed by atoms with Crippen LogP contribution in [-0.4, -0.2) is 67.6 Å². The number of ether oxygens (including phenoxy) is 1. The Morgan fingerprint density at radius 2 is 1.90 bits per heavy atom. The summed E-state index contributed by atoms with van der Waals surface area (Å²) in [5, 5.41) is 23.9. The van der Waals surface area contributed by atoms with Crippen LogP contribution in [0.5, 0.6) is 0 Å². The molecule has 2 fully saturated rings. The predicted octanol–water partition coefficient (Wildman–Crippen LogP) is 3.07. The Morgan fingerprint density at radius 1 is 1.02 bits per heavy atom. The highest BCUT2D eigenvalue weighted by Gasteiger charge is 2.33. The van der Waals surface area contributed by atoms with Crippen molar-refractivity contribution in [2.45, 2.75) is 25.8 Å². The minimum Gasteiger partial charge on any atom is -0.382 e. The molecule has 40 heavy (non-hydrogen) atoms. The molecule has 2 aliphatic heterocycles. The number of nitrogens with zero attached hydrogens (tertiary/aromatic N) is 10. The molecule has 0 radical (unpaired) electrons. The fourth-order valence-corrected chi connectivity index (χ4v) is 5.71. The number of hydrogen-bond acceptors (Lipinski definition) is 11. The van der Waals surface area contributed by atoms with Crippen LogP contribution in [0.2, 0.25) is 0 Å². The highest BCUT2D eigenvalue weighted by molar-refractivity contribution is 5.86. The van der Waals surface area contributed by atoms with E-state index >= 15 is 0 Å². The second-order valence-corrected chi connectivity index (χ2v) is 10.1.